The number of nitrogens with zero attached hydrogens (tertiary/aromatic N) is 1. The van der Waals surface area contributed by atoms with Crippen LogP contribution >= 0.6 is 0 Å². The van der Waals surface area contributed by atoms with Crippen LogP contribution in [0.1, 0.15) is 28.0 Å². The summed E-state index contributed by atoms with van der Waals surface area (Å²) < 4.78 is 0. The van der Waals surface area contributed by atoms with E-state index in [1.807, 2.05) is 30.3 Å². The average molecular weight is 287 g/mol. The van der Waals surface area contributed by atoms with Crippen LogP contribution in [0.2, 0.25) is 0 Å². The second-order valence-corrected chi connectivity index (χ2v) is 4.80. The summed E-state index contributed by atoms with van der Waals surface area (Å²) in [4.78, 5) is 23.3. The largest absolute Gasteiger partial charge is 0.480 e. The molecule has 6 heteroatoms. The average Bonchev–Trinajstić information content (AvgIpc) is 2.90. The molecule has 0 aliphatic heterocycles. The van der Waals surface area contributed by atoms with E-state index in [-0.39, 0.29) is 0 Å². The first-order valence-corrected chi connectivity index (χ1v) is 6.65. The molecule has 1 aromatic heterocycles. The van der Waals surface area contributed by atoms with Crippen LogP contribution in [0.25, 0.3) is 0 Å². The lowest BCUT2D eigenvalue weighted by Crippen LogP contribution is -2.41. The lowest BCUT2D eigenvalue weighted by atomic mass is 10.0. The maximum absolute atomic E-state index is 12.0. The van der Waals surface area contributed by atoms with Gasteiger partial charge in [-0.25, -0.2) is 4.79 Å². The number of rotatable bonds is 6. The molecule has 0 saturated heterocycles. The number of aromatic amines is 1. The Morgan fingerprint density at radius 3 is 2.62 bits per heavy atom. The highest BCUT2D eigenvalue weighted by molar-refractivity contribution is 5.97. The Morgan fingerprint density at radius 1 is 1.33 bits per heavy atom. The fourth-order valence-corrected chi connectivity index (χ4v) is 2.03. The van der Waals surface area contributed by atoms with E-state index < -0.39 is 17.9 Å². The van der Waals surface area contributed by atoms with Crippen molar-refractivity contribution in [3.63, 3.8) is 0 Å². The summed E-state index contributed by atoms with van der Waals surface area (Å²) in [5.74, 6) is -1.47. The molecule has 1 unspecified atom stereocenters. The van der Waals surface area contributed by atoms with Crippen molar-refractivity contribution in [2.24, 2.45) is 0 Å². The van der Waals surface area contributed by atoms with Crippen molar-refractivity contribution in [3.8, 4) is 0 Å². The van der Waals surface area contributed by atoms with Crippen LogP contribution in [0, 0.1) is 6.92 Å². The molecule has 1 heterocycles. The topological polar surface area (TPSA) is 95.1 Å². The normalized spacial score (nSPS) is 11.9. The minimum Gasteiger partial charge on any atom is -0.480 e. The number of aromatic nitrogens is 2. The van der Waals surface area contributed by atoms with Crippen molar-refractivity contribution < 1.29 is 14.7 Å². The van der Waals surface area contributed by atoms with Gasteiger partial charge in [0.15, 0.2) is 0 Å². The number of carbonyl (C=O) groups excluding carboxylic acids is 1. The molecular formula is C15H17N3O3. The first kappa shape index (κ1) is 14.8. The van der Waals surface area contributed by atoms with Crippen molar-refractivity contribution in [1.82, 2.24) is 15.5 Å². The quantitative estimate of drug-likeness (QED) is 0.751. The zero-order valence-electron chi connectivity index (χ0n) is 11.7. The lowest BCUT2D eigenvalue weighted by Gasteiger charge is -2.14. The van der Waals surface area contributed by atoms with Crippen LogP contribution in [0.5, 0.6) is 0 Å². The third-order valence-electron chi connectivity index (χ3n) is 3.24. The summed E-state index contributed by atoms with van der Waals surface area (Å²) in [6.45, 7) is 1.71. The lowest BCUT2D eigenvalue weighted by molar-refractivity contribution is -0.139. The molecule has 2 aromatic rings. The first-order chi connectivity index (χ1) is 10.1. The number of benzene rings is 1. The van der Waals surface area contributed by atoms with Gasteiger partial charge in [0.1, 0.15) is 6.04 Å². The van der Waals surface area contributed by atoms with Gasteiger partial charge in [0, 0.05) is 5.69 Å². The second-order valence-electron chi connectivity index (χ2n) is 4.80. The molecule has 0 fully saturated rings. The zero-order valence-corrected chi connectivity index (χ0v) is 11.7. The Balaban J connectivity index is 1.98. The second kappa shape index (κ2) is 6.69. The van der Waals surface area contributed by atoms with Crippen molar-refractivity contribution in [2.45, 2.75) is 25.8 Å². The molecule has 1 atom stereocenters. The van der Waals surface area contributed by atoms with Gasteiger partial charge in [0.05, 0.1) is 11.8 Å². The summed E-state index contributed by atoms with van der Waals surface area (Å²) in [7, 11) is 0. The third-order valence-corrected chi connectivity index (χ3v) is 3.24. The predicted octanol–water partition coefficient (Wildman–Crippen LogP) is 1.53. The van der Waals surface area contributed by atoms with E-state index >= 15 is 0 Å². The Labute approximate surface area is 122 Å². The highest BCUT2D eigenvalue weighted by Crippen LogP contribution is 2.07. The summed E-state index contributed by atoms with van der Waals surface area (Å²) in [5.41, 5.74) is 2.01. The number of hydrogen-bond acceptors (Lipinski definition) is 3. The van der Waals surface area contributed by atoms with Gasteiger partial charge < -0.3 is 10.4 Å². The molecule has 1 aromatic carbocycles. The van der Waals surface area contributed by atoms with E-state index in [0.717, 1.165) is 5.56 Å². The minimum atomic E-state index is -1.04. The van der Waals surface area contributed by atoms with Crippen LogP contribution in [0.15, 0.2) is 36.5 Å². The molecular weight excluding hydrogens is 270 g/mol. The number of amides is 1. The van der Waals surface area contributed by atoms with E-state index in [1.165, 1.54) is 6.20 Å². The summed E-state index contributed by atoms with van der Waals surface area (Å²) in [6.07, 6.45) is 2.31. The highest BCUT2D eigenvalue weighted by atomic mass is 16.4. The van der Waals surface area contributed by atoms with E-state index in [1.54, 1.807) is 6.92 Å². The van der Waals surface area contributed by atoms with Crippen LogP contribution in [-0.4, -0.2) is 33.2 Å². The number of H-pyrrole nitrogens is 1. The molecule has 6 nitrogen and oxygen atoms in total. The molecule has 0 aliphatic rings. The van der Waals surface area contributed by atoms with Gasteiger partial charge in [-0.1, -0.05) is 30.3 Å². The number of aryl methyl sites for hydroxylation is 2. The van der Waals surface area contributed by atoms with E-state index in [0.29, 0.717) is 24.1 Å². The van der Waals surface area contributed by atoms with Gasteiger partial charge in [0.2, 0.25) is 0 Å². The number of carboxylic acids is 1. The first-order valence-electron chi connectivity index (χ1n) is 6.65. The molecule has 0 saturated carbocycles. The molecule has 0 spiro atoms. The third kappa shape index (κ3) is 3.92. The van der Waals surface area contributed by atoms with Crippen LogP contribution < -0.4 is 5.32 Å². The van der Waals surface area contributed by atoms with Gasteiger partial charge in [-0.3, -0.25) is 9.89 Å². The van der Waals surface area contributed by atoms with E-state index in [4.69, 9.17) is 0 Å². The van der Waals surface area contributed by atoms with Crippen molar-refractivity contribution >= 4 is 11.9 Å². The summed E-state index contributed by atoms with van der Waals surface area (Å²) in [5, 5.41) is 18.2. The highest BCUT2D eigenvalue weighted by Gasteiger charge is 2.21. The molecule has 2 rings (SSSR count). The molecule has 1 amide bonds. The Hall–Kier alpha value is -2.63. The summed E-state index contributed by atoms with van der Waals surface area (Å²) >= 11 is 0. The van der Waals surface area contributed by atoms with Crippen molar-refractivity contribution in [3.05, 3.63) is 53.3 Å². The molecule has 3 N–H and O–H groups in total. The molecule has 0 radical (unpaired) electrons. The van der Waals surface area contributed by atoms with Gasteiger partial charge in [-0.05, 0) is 25.3 Å². The fraction of sp³-hybridized carbons (Fsp3) is 0.267. The van der Waals surface area contributed by atoms with Crippen molar-refractivity contribution in [1.29, 1.82) is 0 Å². The molecule has 0 bridgehead atoms. The standard InChI is InChI=1S/C15H17N3O3/c1-10-12(9-16-18-10)14(19)17-13(15(20)21)8-7-11-5-3-2-4-6-11/h2-6,9,13H,7-8H2,1H3,(H,16,18)(H,17,19)(H,20,21). The smallest absolute Gasteiger partial charge is 0.326 e. The zero-order chi connectivity index (χ0) is 15.2. The maximum atomic E-state index is 12.0. The number of carbonyl (C=O) groups is 2. The number of aliphatic carboxylic acids is 1. The predicted molar refractivity (Wildman–Crippen MR) is 77.0 cm³/mol. The van der Waals surface area contributed by atoms with Gasteiger partial charge in [0.25, 0.3) is 5.91 Å². The van der Waals surface area contributed by atoms with Crippen LogP contribution in [0.4, 0.5) is 0 Å². The Bertz CT molecular complexity index is 622. The van der Waals surface area contributed by atoms with Crippen LogP contribution in [0.3, 0.4) is 0 Å². The van der Waals surface area contributed by atoms with E-state index in [2.05, 4.69) is 15.5 Å². The van der Waals surface area contributed by atoms with E-state index in [9.17, 15) is 14.7 Å². The number of nitrogens with one attached hydrogen (secondary N) is 2. The Kier molecular flexibility index (Phi) is 4.71. The van der Waals surface area contributed by atoms with Gasteiger partial charge >= 0.3 is 5.97 Å². The van der Waals surface area contributed by atoms with Crippen molar-refractivity contribution in [2.75, 3.05) is 0 Å². The van der Waals surface area contributed by atoms with Gasteiger partial charge in [-0.15, -0.1) is 0 Å². The molecule has 0 aliphatic carbocycles. The molecule has 110 valence electrons. The maximum Gasteiger partial charge on any atom is 0.326 e. The number of hydrogen-bond donors (Lipinski definition) is 3. The monoisotopic (exact) mass is 287 g/mol. The molecule has 21 heavy (non-hydrogen) atoms. The SMILES string of the molecule is Cc1[nH]ncc1C(=O)NC(CCc1ccccc1)C(=O)O. The summed E-state index contributed by atoms with van der Waals surface area (Å²) in [6, 6.07) is 8.65. The Morgan fingerprint density at radius 2 is 2.05 bits per heavy atom. The van der Waals surface area contributed by atoms with Crippen LogP contribution in [-0.2, 0) is 11.2 Å². The number of carboxylic acid groups (broad SMARTS) is 1. The van der Waals surface area contributed by atoms with Gasteiger partial charge in [-0.2, -0.15) is 5.10 Å². The fourth-order valence-electron chi connectivity index (χ4n) is 2.03. The minimum absolute atomic E-state index is 0.335.